The van der Waals surface area contributed by atoms with Crippen LogP contribution in [0, 0.1) is 5.92 Å². The summed E-state index contributed by atoms with van der Waals surface area (Å²) in [7, 11) is 1.88. The van der Waals surface area contributed by atoms with E-state index >= 15 is 0 Å². The predicted octanol–water partition coefficient (Wildman–Crippen LogP) is 1.91. The molecular weight excluding hydrogens is 232 g/mol. The number of nitrogens with two attached hydrogens (primary N) is 1. The van der Waals surface area contributed by atoms with Crippen molar-refractivity contribution in [3.05, 3.63) is 0 Å². The van der Waals surface area contributed by atoms with Gasteiger partial charge in [0.25, 0.3) is 0 Å². The molecule has 2 fully saturated rings. The van der Waals surface area contributed by atoms with Crippen LogP contribution in [0.15, 0.2) is 0 Å². The number of amides is 1. The van der Waals surface area contributed by atoms with E-state index in [0.29, 0.717) is 5.92 Å². The van der Waals surface area contributed by atoms with Crippen LogP contribution in [-0.2, 0) is 4.79 Å². The number of likely N-dealkylation sites (N-methyl/N-ethyl adjacent to an activating group) is 1. The summed E-state index contributed by atoms with van der Waals surface area (Å²) in [5.41, 5.74) is 5.18. The van der Waals surface area contributed by atoms with Crippen molar-refractivity contribution in [2.75, 3.05) is 12.8 Å². The summed E-state index contributed by atoms with van der Waals surface area (Å²) in [6.07, 6.45) is 9.01. The topological polar surface area (TPSA) is 55.1 Å². The Bertz CT molecular complexity index is 275. The van der Waals surface area contributed by atoms with Crippen molar-refractivity contribution in [1.29, 1.82) is 0 Å². The van der Waals surface area contributed by atoms with Crippen molar-refractivity contribution in [2.45, 2.75) is 55.7 Å². The summed E-state index contributed by atoms with van der Waals surface area (Å²) in [4.78, 5) is 11.8. The quantitative estimate of drug-likeness (QED) is 0.763. The number of thioether (sulfide) groups is 1. The second kappa shape index (κ2) is 5.61. The molecule has 0 radical (unpaired) electrons. The van der Waals surface area contributed by atoms with Crippen molar-refractivity contribution in [2.24, 2.45) is 11.7 Å². The van der Waals surface area contributed by atoms with Gasteiger partial charge in [0, 0.05) is 11.0 Å². The lowest BCUT2D eigenvalue weighted by Crippen LogP contribution is -2.58. The van der Waals surface area contributed by atoms with Crippen LogP contribution >= 0.6 is 11.8 Å². The highest BCUT2D eigenvalue weighted by Crippen LogP contribution is 2.42. The molecule has 0 aromatic rings. The summed E-state index contributed by atoms with van der Waals surface area (Å²) in [5, 5.41) is 3.97. The van der Waals surface area contributed by atoms with E-state index in [2.05, 4.69) is 5.32 Å². The fourth-order valence-electron chi connectivity index (χ4n) is 2.85. The van der Waals surface area contributed by atoms with E-state index in [-0.39, 0.29) is 5.91 Å². The summed E-state index contributed by atoms with van der Waals surface area (Å²) < 4.78 is 0. The minimum Gasteiger partial charge on any atom is -0.368 e. The van der Waals surface area contributed by atoms with Gasteiger partial charge in [0.15, 0.2) is 0 Å². The maximum atomic E-state index is 11.8. The van der Waals surface area contributed by atoms with Gasteiger partial charge >= 0.3 is 0 Å². The molecule has 0 aliphatic heterocycles. The first-order chi connectivity index (χ1) is 8.19. The van der Waals surface area contributed by atoms with E-state index in [1.54, 1.807) is 0 Å². The number of carbonyl (C=O) groups is 1. The number of hydrogen-bond donors (Lipinski definition) is 2. The molecule has 3 nitrogen and oxygen atoms in total. The first-order valence-electron chi connectivity index (χ1n) is 6.79. The molecule has 0 heterocycles. The molecule has 0 bridgehead atoms. The lowest BCUT2D eigenvalue weighted by molar-refractivity contribution is -0.124. The third kappa shape index (κ3) is 2.97. The Balaban J connectivity index is 1.90. The molecule has 98 valence electrons. The van der Waals surface area contributed by atoms with E-state index < -0.39 is 5.54 Å². The predicted molar refractivity (Wildman–Crippen MR) is 73.0 cm³/mol. The highest BCUT2D eigenvalue weighted by Gasteiger charge is 2.48. The molecule has 1 amide bonds. The van der Waals surface area contributed by atoms with E-state index in [4.69, 9.17) is 5.73 Å². The Labute approximate surface area is 108 Å². The Hall–Kier alpha value is -0.220. The molecule has 17 heavy (non-hydrogen) atoms. The van der Waals surface area contributed by atoms with E-state index in [9.17, 15) is 4.79 Å². The number of primary amides is 1. The van der Waals surface area contributed by atoms with Crippen LogP contribution in [0.25, 0.3) is 0 Å². The largest absolute Gasteiger partial charge is 0.368 e. The zero-order chi connectivity index (χ0) is 12.3. The van der Waals surface area contributed by atoms with E-state index in [1.807, 2.05) is 18.8 Å². The van der Waals surface area contributed by atoms with Crippen molar-refractivity contribution in [3.63, 3.8) is 0 Å². The van der Waals surface area contributed by atoms with Gasteiger partial charge in [0.1, 0.15) is 5.54 Å². The fourth-order valence-corrected chi connectivity index (χ4v) is 4.53. The number of carbonyl (C=O) groups excluding carboxylic acids is 1. The van der Waals surface area contributed by atoms with Gasteiger partial charge in [0.05, 0.1) is 0 Å². The van der Waals surface area contributed by atoms with Gasteiger partial charge in [0.2, 0.25) is 5.91 Å². The molecule has 0 saturated heterocycles. The van der Waals surface area contributed by atoms with Gasteiger partial charge in [-0.1, -0.05) is 19.3 Å². The monoisotopic (exact) mass is 256 g/mol. The maximum absolute atomic E-state index is 11.8. The van der Waals surface area contributed by atoms with Gasteiger partial charge in [-0.15, -0.1) is 0 Å². The molecule has 0 aromatic heterocycles. The number of nitrogens with one attached hydrogen (secondary N) is 1. The Kier molecular flexibility index (Phi) is 4.36. The minimum absolute atomic E-state index is 0.161. The molecule has 1 unspecified atom stereocenters. The number of rotatable bonds is 6. The fraction of sp³-hybridized carbons (Fsp3) is 0.923. The molecule has 2 saturated carbocycles. The highest BCUT2D eigenvalue weighted by atomic mass is 32.2. The molecule has 4 heteroatoms. The van der Waals surface area contributed by atoms with E-state index in [0.717, 1.165) is 23.8 Å². The second-order valence-corrected chi connectivity index (χ2v) is 6.72. The molecule has 1 atom stereocenters. The van der Waals surface area contributed by atoms with Crippen molar-refractivity contribution >= 4 is 17.7 Å². The summed E-state index contributed by atoms with van der Waals surface area (Å²) in [5.74, 6) is 1.17. The highest BCUT2D eigenvalue weighted by molar-refractivity contribution is 8.00. The van der Waals surface area contributed by atoms with Crippen molar-refractivity contribution < 1.29 is 4.79 Å². The molecule has 0 aromatic carbocycles. The Morgan fingerprint density at radius 2 is 1.94 bits per heavy atom. The van der Waals surface area contributed by atoms with Crippen LogP contribution in [-0.4, -0.2) is 29.5 Å². The van der Waals surface area contributed by atoms with Crippen LogP contribution in [0.5, 0.6) is 0 Å². The average molecular weight is 256 g/mol. The standard InChI is InChI=1S/C13H24N2OS/c1-15-13(12(14)16,10-7-8-10)9-17-11-5-3-2-4-6-11/h10-11,15H,2-9H2,1H3,(H2,14,16). The third-order valence-corrected chi connectivity index (χ3v) is 5.82. The first kappa shape index (κ1) is 13.2. The van der Waals surface area contributed by atoms with Crippen LogP contribution in [0.1, 0.15) is 44.9 Å². The third-order valence-electron chi connectivity index (χ3n) is 4.26. The van der Waals surface area contributed by atoms with Gasteiger partial charge in [-0.05, 0) is 38.6 Å². The average Bonchev–Trinajstić information content (AvgIpc) is 3.16. The van der Waals surface area contributed by atoms with Gasteiger partial charge in [-0.2, -0.15) is 11.8 Å². The van der Waals surface area contributed by atoms with Crippen LogP contribution in [0.2, 0.25) is 0 Å². The Morgan fingerprint density at radius 1 is 1.29 bits per heavy atom. The molecule has 3 N–H and O–H groups in total. The van der Waals surface area contributed by atoms with E-state index in [1.165, 1.54) is 32.1 Å². The zero-order valence-corrected chi connectivity index (χ0v) is 11.5. The van der Waals surface area contributed by atoms with Crippen LogP contribution in [0.3, 0.4) is 0 Å². The summed E-state index contributed by atoms with van der Waals surface area (Å²) in [6.45, 7) is 0. The van der Waals surface area contributed by atoms with Crippen molar-refractivity contribution in [1.82, 2.24) is 5.32 Å². The lowest BCUT2D eigenvalue weighted by Gasteiger charge is -2.32. The maximum Gasteiger partial charge on any atom is 0.238 e. The molecule has 0 spiro atoms. The second-order valence-electron chi connectivity index (χ2n) is 5.43. The smallest absolute Gasteiger partial charge is 0.238 e. The molecule has 2 aliphatic carbocycles. The summed E-state index contributed by atoms with van der Waals surface area (Å²) in [6, 6.07) is 0. The zero-order valence-electron chi connectivity index (χ0n) is 10.7. The Morgan fingerprint density at radius 3 is 2.41 bits per heavy atom. The minimum atomic E-state index is -0.442. The van der Waals surface area contributed by atoms with Crippen LogP contribution in [0.4, 0.5) is 0 Å². The van der Waals surface area contributed by atoms with Gasteiger partial charge < -0.3 is 11.1 Å². The van der Waals surface area contributed by atoms with Gasteiger partial charge in [-0.3, -0.25) is 4.79 Å². The van der Waals surface area contributed by atoms with Gasteiger partial charge in [-0.25, -0.2) is 0 Å². The SMILES string of the molecule is CNC(CSC1CCCCC1)(C(N)=O)C1CC1. The molecular formula is C13H24N2OS. The molecule has 2 rings (SSSR count). The summed E-state index contributed by atoms with van der Waals surface area (Å²) >= 11 is 1.96. The lowest BCUT2D eigenvalue weighted by atomic mass is 9.95. The van der Waals surface area contributed by atoms with Crippen molar-refractivity contribution in [3.8, 4) is 0 Å². The molecule has 2 aliphatic rings. The van der Waals surface area contributed by atoms with Crippen LogP contribution < -0.4 is 11.1 Å². The normalized spacial score (nSPS) is 25.5. The first-order valence-corrected chi connectivity index (χ1v) is 7.84. The number of hydrogen-bond acceptors (Lipinski definition) is 3.